The lowest BCUT2D eigenvalue weighted by molar-refractivity contribution is 0.290. The Hall–Kier alpha value is -3.95. The molecule has 4 rings (SSSR count). The van der Waals surface area contributed by atoms with Gasteiger partial charge in [0, 0.05) is 30.6 Å². The van der Waals surface area contributed by atoms with E-state index in [1.807, 2.05) is 44.2 Å². The van der Waals surface area contributed by atoms with E-state index in [0.29, 0.717) is 23.1 Å². The number of hydrogen-bond donors (Lipinski definition) is 0. The molecular weight excluding hydrogens is 398 g/mol. The number of rotatable bonds is 7. The van der Waals surface area contributed by atoms with Crippen molar-refractivity contribution in [2.24, 2.45) is 7.05 Å². The molecule has 0 aliphatic heterocycles. The summed E-state index contributed by atoms with van der Waals surface area (Å²) in [6.07, 6.45) is 2.56. The van der Waals surface area contributed by atoms with E-state index in [1.54, 1.807) is 31.1 Å². The van der Waals surface area contributed by atoms with Crippen LogP contribution < -0.4 is 15.2 Å². The summed E-state index contributed by atoms with van der Waals surface area (Å²) in [4.78, 5) is 16.7. The highest BCUT2D eigenvalue weighted by atomic mass is 16.5. The Bertz CT molecular complexity index is 1270. The van der Waals surface area contributed by atoms with Crippen molar-refractivity contribution in [3.63, 3.8) is 0 Å². The zero-order chi connectivity index (χ0) is 22.0. The lowest BCUT2D eigenvalue weighted by atomic mass is 10.0. The van der Waals surface area contributed by atoms with Gasteiger partial charge in [-0.3, -0.25) is 0 Å². The van der Waals surface area contributed by atoms with Gasteiger partial charge in [0.1, 0.15) is 12.3 Å². The minimum atomic E-state index is -0.322. The molecule has 160 valence electrons. The third-order valence-electron chi connectivity index (χ3n) is 4.93. The van der Waals surface area contributed by atoms with Crippen LogP contribution in [0.25, 0.3) is 11.4 Å². The monoisotopic (exact) mass is 421 g/mol. The molecule has 3 heterocycles. The van der Waals surface area contributed by atoms with E-state index in [0.717, 1.165) is 23.2 Å². The highest BCUT2D eigenvalue weighted by molar-refractivity contribution is 5.45. The summed E-state index contributed by atoms with van der Waals surface area (Å²) in [7, 11) is 3.14. The molecule has 4 aromatic rings. The number of aromatic nitrogens is 7. The quantitative estimate of drug-likeness (QED) is 0.450. The molecule has 0 aliphatic rings. The first-order chi connectivity index (χ1) is 15.0. The highest BCUT2D eigenvalue weighted by Crippen LogP contribution is 2.23. The van der Waals surface area contributed by atoms with Crippen LogP contribution in [0.3, 0.4) is 0 Å². The molecule has 0 atom stereocenters. The lowest BCUT2D eigenvalue weighted by Gasteiger charge is -2.13. The summed E-state index contributed by atoms with van der Waals surface area (Å²) in [5.74, 6) is 0.918. The van der Waals surface area contributed by atoms with E-state index in [1.165, 1.54) is 9.36 Å². The fraction of sp³-hybridized carbons (Fsp3) is 0.286. The maximum absolute atomic E-state index is 12.4. The molecule has 0 saturated carbocycles. The maximum atomic E-state index is 12.4. The SMILES string of the molecule is CCc1cccc(-n2nnn(C)c2=O)c1COc1ccn(-c2ccc(C)nc2OC)n1. The molecule has 0 unspecified atom stereocenters. The molecule has 0 amide bonds. The van der Waals surface area contributed by atoms with Gasteiger partial charge >= 0.3 is 5.69 Å². The van der Waals surface area contributed by atoms with Gasteiger partial charge in [-0.15, -0.1) is 5.10 Å². The van der Waals surface area contributed by atoms with E-state index in [4.69, 9.17) is 9.47 Å². The van der Waals surface area contributed by atoms with Crippen molar-refractivity contribution in [1.82, 2.24) is 34.6 Å². The second-order valence-electron chi connectivity index (χ2n) is 6.93. The number of aryl methyl sites for hydroxylation is 3. The van der Waals surface area contributed by atoms with Gasteiger partial charge in [0.25, 0.3) is 0 Å². The number of nitrogens with zero attached hydrogens (tertiary/aromatic N) is 7. The van der Waals surface area contributed by atoms with Crippen LogP contribution in [0.4, 0.5) is 0 Å². The Morgan fingerprint density at radius 2 is 1.90 bits per heavy atom. The van der Waals surface area contributed by atoms with Crippen LogP contribution in [-0.2, 0) is 20.1 Å². The van der Waals surface area contributed by atoms with Gasteiger partial charge < -0.3 is 9.47 Å². The second-order valence-corrected chi connectivity index (χ2v) is 6.93. The third kappa shape index (κ3) is 3.91. The van der Waals surface area contributed by atoms with Gasteiger partial charge in [-0.25, -0.2) is 14.5 Å². The van der Waals surface area contributed by atoms with Crippen molar-refractivity contribution in [1.29, 1.82) is 0 Å². The van der Waals surface area contributed by atoms with Crippen LogP contribution in [0.5, 0.6) is 11.8 Å². The molecule has 0 radical (unpaired) electrons. The van der Waals surface area contributed by atoms with Crippen molar-refractivity contribution < 1.29 is 9.47 Å². The average Bonchev–Trinajstić information content (AvgIpc) is 3.38. The zero-order valence-corrected chi connectivity index (χ0v) is 17.8. The summed E-state index contributed by atoms with van der Waals surface area (Å²) in [6.45, 7) is 4.17. The second kappa shape index (κ2) is 8.42. The smallest absolute Gasteiger partial charge is 0.368 e. The number of benzene rings is 1. The number of ether oxygens (including phenoxy) is 2. The molecule has 0 aliphatic carbocycles. The number of methoxy groups -OCH3 is 1. The van der Waals surface area contributed by atoms with Crippen molar-refractivity contribution in [2.75, 3.05) is 7.11 Å². The topological polar surface area (TPSA) is 102 Å². The molecule has 10 heteroatoms. The Kier molecular flexibility index (Phi) is 5.52. The zero-order valence-electron chi connectivity index (χ0n) is 17.8. The third-order valence-corrected chi connectivity index (χ3v) is 4.93. The Balaban J connectivity index is 1.62. The van der Waals surface area contributed by atoms with Crippen LogP contribution in [-0.4, -0.2) is 41.7 Å². The van der Waals surface area contributed by atoms with E-state index >= 15 is 0 Å². The Morgan fingerprint density at radius 1 is 1.06 bits per heavy atom. The average molecular weight is 421 g/mol. The van der Waals surface area contributed by atoms with Crippen molar-refractivity contribution >= 4 is 0 Å². The molecule has 3 aromatic heterocycles. The molecule has 31 heavy (non-hydrogen) atoms. The van der Waals surface area contributed by atoms with E-state index in [2.05, 4.69) is 20.5 Å². The molecule has 1 aromatic carbocycles. The largest absolute Gasteiger partial charge is 0.479 e. The molecule has 0 bridgehead atoms. The molecular formula is C21H23N7O3. The minimum absolute atomic E-state index is 0.225. The summed E-state index contributed by atoms with van der Waals surface area (Å²) >= 11 is 0. The fourth-order valence-electron chi connectivity index (χ4n) is 3.30. The number of hydrogen-bond acceptors (Lipinski definition) is 7. The van der Waals surface area contributed by atoms with Crippen LogP contribution in [0.2, 0.25) is 0 Å². The summed E-state index contributed by atoms with van der Waals surface area (Å²) in [5, 5.41) is 12.3. The van der Waals surface area contributed by atoms with E-state index in [9.17, 15) is 4.79 Å². The van der Waals surface area contributed by atoms with E-state index in [-0.39, 0.29) is 12.3 Å². The van der Waals surface area contributed by atoms with Crippen molar-refractivity contribution in [3.05, 3.63) is 69.9 Å². The Labute approximate surface area is 178 Å². The maximum Gasteiger partial charge on any atom is 0.368 e. The standard InChI is InChI=1S/C21H23N7O3/c1-5-15-7-6-8-17(28-21(29)26(3)24-25-28)16(15)13-31-19-11-12-27(23-19)18-10-9-14(2)22-20(18)30-4/h6-12H,5,13H2,1-4H3. The predicted octanol–water partition coefficient (Wildman–Crippen LogP) is 2.01. The van der Waals surface area contributed by atoms with Gasteiger partial charge in [-0.05, 0) is 47.5 Å². The minimum Gasteiger partial charge on any atom is -0.479 e. The fourth-order valence-corrected chi connectivity index (χ4v) is 3.30. The first-order valence-corrected chi connectivity index (χ1v) is 9.82. The van der Waals surface area contributed by atoms with Crippen LogP contribution in [0.1, 0.15) is 23.7 Å². The summed E-state index contributed by atoms with van der Waals surface area (Å²) in [6, 6.07) is 11.3. The van der Waals surface area contributed by atoms with Crippen LogP contribution >= 0.6 is 0 Å². The number of tetrazole rings is 1. The van der Waals surface area contributed by atoms with Gasteiger partial charge in [0.05, 0.1) is 12.8 Å². The summed E-state index contributed by atoms with van der Waals surface area (Å²) in [5.41, 5.74) is 3.80. The van der Waals surface area contributed by atoms with Gasteiger partial charge in [-0.1, -0.05) is 19.1 Å². The van der Waals surface area contributed by atoms with Gasteiger partial charge in [0.2, 0.25) is 11.8 Å². The molecule has 10 nitrogen and oxygen atoms in total. The van der Waals surface area contributed by atoms with Gasteiger partial charge in [-0.2, -0.15) is 9.36 Å². The lowest BCUT2D eigenvalue weighted by Crippen LogP contribution is -2.23. The highest BCUT2D eigenvalue weighted by Gasteiger charge is 2.16. The first-order valence-electron chi connectivity index (χ1n) is 9.82. The molecule has 0 fully saturated rings. The molecule has 0 saturated heterocycles. The number of pyridine rings is 1. The van der Waals surface area contributed by atoms with Crippen LogP contribution in [0.15, 0.2) is 47.4 Å². The van der Waals surface area contributed by atoms with Gasteiger partial charge in [0.15, 0.2) is 0 Å². The predicted molar refractivity (Wildman–Crippen MR) is 113 cm³/mol. The first kappa shape index (κ1) is 20.3. The van der Waals surface area contributed by atoms with E-state index < -0.39 is 0 Å². The molecule has 0 spiro atoms. The molecule has 0 N–H and O–H groups in total. The van der Waals surface area contributed by atoms with Crippen molar-refractivity contribution in [3.8, 4) is 23.1 Å². The Morgan fingerprint density at radius 3 is 2.61 bits per heavy atom. The van der Waals surface area contributed by atoms with Crippen LogP contribution in [0, 0.1) is 6.92 Å². The summed E-state index contributed by atoms with van der Waals surface area (Å²) < 4.78 is 15.5. The van der Waals surface area contributed by atoms with Crippen molar-refractivity contribution in [2.45, 2.75) is 26.9 Å². The normalized spacial score (nSPS) is 11.0.